The summed E-state index contributed by atoms with van der Waals surface area (Å²) in [6.07, 6.45) is 0. The van der Waals surface area contributed by atoms with Crippen LogP contribution in [0.1, 0.15) is 11.1 Å². The van der Waals surface area contributed by atoms with Crippen molar-refractivity contribution in [3.8, 4) is 6.07 Å². The molecule has 0 aliphatic carbocycles. The zero-order chi connectivity index (χ0) is 13.4. The highest BCUT2D eigenvalue weighted by Crippen LogP contribution is 2.20. The van der Waals surface area contributed by atoms with Crippen molar-refractivity contribution >= 4 is 34.6 Å². The van der Waals surface area contributed by atoms with Crippen LogP contribution in [0.3, 0.4) is 0 Å². The van der Waals surface area contributed by atoms with Crippen molar-refractivity contribution in [1.82, 2.24) is 4.98 Å². The predicted octanol–water partition coefficient (Wildman–Crippen LogP) is 1.44. The van der Waals surface area contributed by atoms with Gasteiger partial charge in [0.05, 0.1) is 18.8 Å². The minimum Gasteiger partial charge on any atom is -0.395 e. The zero-order valence-electron chi connectivity index (χ0n) is 10.0. The van der Waals surface area contributed by atoms with E-state index < -0.39 is 0 Å². The average Bonchev–Trinajstić information content (AvgIpc) is 2.36. The normalized spacial score (nSPS) is 9.89. The van der Waals surface area contributed by atoms with Crippen molar-refractivity contribution < 1.29 is 8.17 Å². The Hall–Kier alpha value is -1.11. The van der Waals surface area contributed by atoms with E-state index in [4.69, 9.17) is 13.4 Å². The molecule has 0 saturated heterocycles. The van der Waals surface area contributed by atoms with Gasteiger partial charge in [0, 0.05) is 13.1 Å². The summed E-state index contributed by atoms with van der Waals surface area (Å²) in [7, 11) is 0. The van der Waals surface area contributed by atoms with Gasteiger partial charge in [-0.2, -0.15) is 5.26 Å². The standard InChI is InChI=1S/C11H15IN4O2/c1-8-6-10(14-2-4-17)16-11(9(8)7-13)15-3-5-18-12/h6,17H,2-5H2,1H3,(H2,14,15,16). The number of pyridine rings is 1. The molecule has 7 heteroatoms. The molecule has 0 spiro atoms. The first-order valence-corrected chi connectivity index (χ1v) is 6.35. The van der Waals surface area contributed by atoms with Crippen molar-refractivity contribution in [1.29, 1.82) is 5.26 Å². The van der Waals surface area contributed by atoms with Gasteiger partial charge in [-0.1, -0.05) is 0 Å². The first-order chi connectivity index (χ1) is 8.72. The molecule has 0 atom stereocenters. The molecule has 0 aliphatic rings. The fraction of sp³-hybridized carbons (Fsp3) is 0.455. The summed E-state index contributed by atoms with van der Waals surface area (Å²) in [5.41, 5.74) is 1.36. The quantitative estimate of drug-likeness (QED) is 0.503. The maximum Gasteiger partial charge on any atom is 0.146 e. The van der Waals surface area contributed by atoms with E-state index in [1.165, 1.54) is 0 Å². The van der Waals surface area contributed by atoms with Gasteiger partial charge in [0.25, 0.3) is 0 Å². The van der Waals surface area contributed by atoms with E-state index in [-0.39, 0.29) is 6.61 Å². The van der Waals surface area contributed by atoms with Gasteiger partial charge in [0.15, 0.2) is 0 Å². The molecule has 1 aromatic rings. The molecule has 0 unspecified atom stereocenters. The van der Waals surface area contributed by atoms with Crippen LogP contribution in [0, 0.1) is 18.3 Å². The first kappa shape index (κ1) is 14.9. The summed E-state index contributed by atoms with van der Waals surface area (Å²) >= 11 is 1.81. The molecule has 0 radical (unpaired) electrons. The lowest BCUT2D eigenvalue weighted by atomic mass is 10.1. The topological polar surface area (TPSA) is 90.2 Å². The van der Waals surface area contributed by atoms with Crippen LogP contribution < -0.4 is 10.6 Å². The molecule has 1 aromatic heterocycles. The van der Waals surface area contributed by atoms with Crippen LogP contribution in [0.2, 0.25) is 0 Å². The molecule has 3 N–H and O–H groups in total. The molecule has 0 aromatic carbocycles. The van der Waals surface area contributed by atoms with Gasteiger partial charge >= 0.3 is 0 Å². The second-order valence-electron chi connectivity index (χ2n) is 3.55. The van der Waals surface area contributed by atoms with Gasteiger partial charge in [-0.05, 0) is 18.6 Å². The number of hydrogen-bond donors (Lipinski definition) is 3. The van der Waals surface area contributed by atoms with E-state index in [9.17, 15) is 0 Å². The summed E-state index contributed by atoms with van der Waals surface area (Å²) in [5.74, 6) is 1.17. The van der Waals surface area contributed by atoms with E-state index in [1.54, 1.807) is 6.07 Å². The summed E-state index contributed by atoms with van der Waals surface area (Å²) in [6, 6.07) is 3.92. The number of aliphatic hydroxyl groups is 1. The van der Waals surface area contributed by atoms with Crippen molar-refractivity contribution in [2.24, 2.45) is 0 Å². The second kappa shape index (κ2) is 8.07. The second-order valence-corrected chi connectivity index (χ2v) is 4.17. The van der Waals surface area contributed by atoms with Crippen LogP contribution in [0.5, 0.6) is 0 Å². The van der Waals surface area contributed by atoms with Crippen molar-refractivity contribution in [3.63, 3.8) is 0 Å². The smallest absolute Gasteiger partial charge is 0.146 e. The van der Waals surface area contributed by atoms with Crippen LogP contribution in [-0.4, -0.2) is 36.4 Å². The molecule has 1 heterocycles. The van der Waals surface area contributed by atoms with Gasteiger partial charge in [-0.3, -0.25) is 0 Å². The van der Waals surface area contributed by atoms with Gasteiger partial charge in [0.1, 0.15) is 40.7 Å². The minimum atomic E-state index is 0.0339. The van der Waals surface area contributed by atoms with Crippen LogP contribution in [0.15, 0.2) is 6.07 Å². The Morgan fingerprint density at radius 1 is 1.50 bits per heavy atom. The maximum atomic E-state index is 9.10. The van der Waals surface area contributed by atoms with E-state index in [1.807, 2.05) is 29.9 Å². The molecule has 0 aliphatic heterocycles. The Morgan fingerprint density at radius 3 is 2.89 bits per heavy atom. The molecule has 98 valence electrons. The largest absolute Gasteiger partial charge is 0.395 e. The van der Waals surface area contributed by atoms with Crippen molar-refractivity contribution in [2.45, 2.75) is 6.92 Å². The third-order valence-corrected chi connectivity index (χ3v) is 2.66. The number of aromatic nitrogens is 1. The Kier molecular flexibility index (Phi) is 6.70. The highest BCUT2D eigenvalue weighted by atomic mass is 127. The van der Waals surface area contributed by atoms with E-state index >= 15 is 0 Å². The molecule has 6 nitrogen and oxygen atoms in total. The van der Waals surface area contributed by atoms with E-state index in [0.29, 0.717) is 36.9 Å². The summed E-state index contributed by atoms with van der Waals surface area (Å²) < 4.78 is 4.91. The lowest BCUT2D eigenvalue weighted by molar-refractivity contribution is 0.311. The monoisotopic (exact) mass is 362 g/mol. The van der Waals surface area contributed by atoms with Gasteiger partial charge in [-0.15, -0.1) is 0 Å². The van der Waals surface area contributed by atoms with E-state index in [0.717, 1.165) is 5.56 Å². The van der Waals surface area contributed by atoms with Crippen molar-refractivity contribution in [2.75, 3.05) is 36.9 Å². The van der Waals surface area contributed by atoms with Crippen LogP contribution >= 0.6 is 23.0 Å². The fourth-order valence-corrected chi connectivity index (χ4v) is 1.64. The lowest BCUT2D eigenvalue weighted by Gasteiger charge is -2.12. The number of anilines is 2. The maximum absolute atomic E-state index is 9.10. The van der Waals surface area contributed by atoms with Crippen LogP contribution in [0.25, 0.3) is 0 Å². The Bertz CT molecular complexity index is 434. The number of nitrogens with zero attached hydrogens (tertiary/aromatic N) is 2. The number of aryl methyl sites for hydroxylation is 1. The Balaban J connectivity index is 2.89. The molecular weight excluding hydrogens is 347 g/mol. The number of rotatable bonds is 7. The van der Waals surface area contributed by atoms with Gasteiger partial charge < -0.3 is 18.8 Å². The average molecular weight is 362 g/mol. The molecule has 0 fully saturated rings. The molecule has 1 rings (SSSR count). The molecular formula is C11H15IN4O2. The predicted molar refractivity (Wildman–Crippen MR) is 77.7 cm³/mol. The third kappa shape index (κ3) is 4.29. The van der Waals surface area contributed by atoms with Crippen molar-refractivity contribution in [3.05, 3.63) is 17.2 Å². The van der Waals surface area contributed by atoms with Crippen LogP contribution in [0.4, 0.5) is 11.6 Å². The summed E-state index contributed by atoms with van der Waals surface area (Å²) in [6.45, 7) is 3.42. The number of hydrogen-bond acceptors (Lipinski definition) is 6. The summed E-state index contributed by atoms with van der Waals surface area (Å²) in [5, 5.41) is 23.9. The minimum absolute atomic E-state index is 0.0339. The first-order valence-electron chi connectivity index (χ1n) is 5.46. The zero-order valence-corrected chi connectivity index (χ0v) is 12.2. The highest BCUT2D eigenvalue weighted by molar-refractivity contribution is 14.1. The lowest BCUT2D eigenvalue weighted by Crippen LogP contribution is -2.12. The fourth-order valence-electron chi connectivity index (χ4n) is 1.42. The Morgan fingerprint density at radius 2 is 2.28 bits per heavy atom. The molecule has 0 saturated carbocycles. The molecule has 18 heavy (non-hydrogen) atoms. The Labute approximate surface area is 120 Å². The number of aliphatic hydroxyl groups excluding tert-OH is 1. The number of nitrogens with one attached hydrogen (secondary N) is 2. The van der Waals surface area contributed by atoms with E-state index in [2.05, 4.69) is 21.7 Å². The van der Waals surface area contributed by atoms with Gasteiger partial charge in [0.2, 0.25) is 0 Å². The molecule has 0 bridgehead atoms. The number of halogens is 1. The highest BCUT2D eigenvalue weighted by Gasteiger charge is 2.09. The SMILES string of the molecule is Cc1cc(NCCO)nc(NCCOI)c1C#N. The summed E-state index contributed by atoms with van der Waals surface area (Å²) in [4.78, 5) is 4.30. The van der Waals surface area contributed by atoms with Crippen LogP contribution in [-0.2, 0) is 3.07 Å². The molecule has 0 amide bonds. The third-order valence-electron chi connectivity index (χ3n) is 2.22. The number of nitriles is 1. The van der Waals surface area contributed by atoms with Gasteiger partial charge in [-0.25, -0.2) is 4.98 Å².